The highest BCUT2D eigenvalue weighted by Gasteiger charge is 2.44. The van der Waals surface area contributed by atoms with E-state index in [4.69, 9.17) is 5.11 Å². The summed E-state index contributed by atoms with van der Waals surface area (Å²) in [6, 6.07) is 0. The van der Waals surface area contributed by atoms with E-state index < -0.39 is 34.1 Å². The van der Waals surface area contributed by atoms with Gasteiger partial charge >= 0.3 is 17.8 Å². The first-order valence-corrected chi connectivity index (χ1v) is 3.28. The molecule has 0 aliphatic carbocycles. The minimum atomic E-state index is -5.05. The van der Waals surface area contributed by atoms with Gasteiger partial charge in [0.1, 0.15) is 0 Å². The first-order valence-electron chi connectivity index (χ1n) is 3.28. The van der Waals surface area contributed by atoms with Gasteiger partial charge < -0.3 is 5.11 Å². The summed E-state index contributed by atoms with van der Waals surface area (Å²) in [5.74, 6) is -1.91. The highest BCUT2D eigenvalue weighted by Crippen LogP contribution is 2.35. The van der Waals surface area contributed by atoms with Gasteiger partial charge in [0, 0.05) is 0 Å². The van der Waals surface area contributed by atoms with Crippen LogP contribution >= 0.6 is 0 Å². The van der Waals surface area contributed by atoms with Crippen LogP contribution < -0.4 is 0 Å². The molecule has 0 saturated heterocycles. The Hall–Kier alpha value is -2.13. The Bertz CT molecular complexity index is 424. The predicted octanol–water partition coefficient (Wildman–Crippen LogP) is 1.03. The van der Waals surface area contributed by atoms with Crippen LogP contribution in [-0.4, -0.2) is 26.2 Å². The standard InChI is InChI=1S/C5H2F3N3O4/c6-5(7,8)3-2(11(14)15)1(4(12)13)9-10-3/h(H,9,10)(H,12,13). The maximum atomic E-state index is 12.1. The normalized spacial score (nSPS) is 11.4. The van der Waals surface area contributed by atoms with E-state index in [1.165, 1.54) is 5.10 Å². The molecule has 0 spiro atoms. The number of carboxylic acid groups (broad SMARTS) is 1. The Balaban J connectivity index is 3.44. The minimum Gasteiger partial charge on any atom is -0.476 e. The number of carbonyl (C=O) groups is 1. The summed E-state index contributed by atoms with van der Waals surface area (Å²) in [4.78, 5) is 19.1. The van der Waals surface area contributed by atoms with Gasteiger partial charge in [-0.3, -0.25) is 15.2 Å². The average molecular weight is 225 g/mol. The Kier molecular flexibility index (Phi) is 2.35. The predicted molar refractivity (Wildman–Crippen MR) is 37.2 cm³/mol. The minimum absolute atomic E-state index is 1.27. The van der Waals surface area contributed by atoms with Gasteiger partial charge in [0.05, 0.1) is 4.92 Å². The van der Waals surface area contributed by atoms with Crippen LogP contribution in [0.4, 0.5) is 18.9 Å². The SMILES string of the molecule is O=C(O)c1n[nH]c(C(F)(F)F)c1[N+](=O)[O-]. The molecule has 0 aliphatic rings. The summed E-state index contributed by atoms with van der Waals surface area (Å²) in [5, 5.41) is 22.6. The molecule has 1 heterocycles. The summed E-state index contributed by atoms with van der Waals surface area (Å²) >= 11 is 0. The molecule has 2 N–H and O–H groups in total. The molecule has 15 heavy (non-hydrogen) atoms. The van der Waals surface area contributed by atoms with E-state index in [0.717, 1.165) is 0 Å². The first-order chi connectivity index (χ1) is 6.75. The maximum absolute atomic E-state index is 12.1. The number of rotatable bonds is 2. The van der Waals surface area contributed by atoms with Crippen molar-refractivity contribution >= 4 is 11.7 Å². The van der Waals surface area contributed by atoms with Gasteiger partial charge in [-0.05, 0) is 0 Å². The lowest BCUT2D eigenvalue weighted by Crippen LogP contribution is -2.09. The molecule has 0 aromatic carbocycles. The van der Waals surface area contributed by atoms with Crippen molar-refractivity contribution in [2.75, 3.05) is 0 Å². The molecule has 0 unspecified atom stereocenters. The van der Waals surface area contributed by atoms with Crippen LogP contribution in [0, 0.1) is 10.1 Å². The lowest BCUT2D eigenvalue weighted by molar-refractivity contribution is -0.388. The van der Waals surface area contributed by atoms with E-state index >= 15 is 0 Å². The summed E-state index contributed by atoms with van der Waals surface area (Å²) in [7, 11) is 0. The van der Waals surface area contributed by atoms with Gasteiger partial charge in [-0.25, -0.2) is 4.79 Å². The molecule has 0 fully saturated rings. The number of H-pyrrole nitrogens is 1. The number of hydrogen-bond donors (Lipinski definition) is 2. The number of aromatic carboxylic acids is 1. The fourth-order valence-electron chi connectivity index (χ4n) is 0.861. The van der Waals surface area contributed by atoms with Crippen LogP contribution in [0.3, 0.4) is 0 Å². The number of carboxylic acids is 1. The van der Waals surface area contributed by atoms with E-state index in [-0.39, 0.29) is 0 Å². The van der Waals surface area contributed by atoms with Crippen LogP contribution in [0.25, 0.3) is 0 Å². The second-order valence-corrected chi connectivity index (χ2v) is 2.36. The Labute approximate surface area is 78.7 Å². The van der Waals surface area contributed by atoms with Crippen LogP contribution in [0.15, 0.2) is 0 Å². The van der Waals surface area contributed by atoms with E-state index in [1.807, 2.05) is 0 Å². The molecule has 0 aliphatic heterocycles. The van der Waals surface area contributed by atoms with Crippen molar-refractivity contribution in [1.29, 1.82) is 0 Å². The molecule has 10 heteroatoms. The van der Waals surface area contributed by atoms with Crippen LogP contribution in [0.5, 0.6) is 0 Å². The van der Waals surface area contributed by atoms with Crippen molar-refractivity contribution in [2.24, 2.45) is 0 Å². The van der Waals surface area contributed by atoms with Gasteiger partial charge in [0.2, 0.25) is 11.4 Å². The molecule has 0 saturated carbocycles. The van der Waals surface area contributed by atoms with Gasteiger partial charge in [0.25, 0.3) is 0 Å². The van der Waals surface area contributed by atoms with E-state index in [9.17, 15) is 28.1 Å². The molecule has 7 nitrogen and oxygen atoms in total. The average Bonchev–Trinajstić information content (AvgIpc) is 2.45. The quantitative estimate of drug-likeness (QED) is 0.577. The second kappa shape index (κ2) is 3.22. The lowest BCUT2D eigenvalue weighted by Gasteiger charge is -2.00. The molecular formula is C5H2F3N3O4. The molecule has 0 bridgehead atoms. The Morgan fingerprint density at radius 1 is 1.53 bits per heavy atom. The number of aromatic amines is 1. The third-order valence-electron chi connectivity index (χ3n) is 1.41. The van der Waals surface area contributed by atoms with Crippen molar-refractivity contribution in [3.63, 3.8) is 0 Å². The second-order valence-electron chi connectivity index (χ2n) is 2.36. The van der Waals surface area contributed by atoms with Crippen molar-refractivity contribution in [3.05, 3.63) is 21.5 Å². The molecule has 82 valence electrons. The number of hydrogen-bond acceptors (Lipinski definition) is 4. The zero-order valence-corrected chi connectivity index (χ0v) is 6.70. The summed E-state index contributed by atoms with van der Waals surface area (Å²) in [6.45, 7) is 0. The largest absolute Gasteiger partial charge is 0.476 e. The zero-order chi connectivity index (χ0) is 11.8. The van der Waals surface area contributed by atoms with E-state index in [0.29, 0.717) is 0 Å². The van der Waals surface area contributed by atoms with Crippen molar-refractivity contribution in [1.82, 2.24) is 10.2 Å². The van der Waals surface area contributed by atoms with Gasteiger partial charge in [-0.1, -0.05) is 0 Å². The number of nitrogens with one attached hydrogen (secondary N) is 1. The van der Waals surface area contributed by atoms with E-state index in [1.54, 1.807) is 0 Å². The third-order valence-corrected chi connectivity index (χ3v) is 1.41. The fraction of sp³-hybridized carbons (Fsp3) is 0.200. The molecular weight excluding hydrogens is 223 g/mol. The van der Waals surface area contributed by atoms with Crippen LogP contribution in [0.2, 0.25) is 0 Å². The lowest BCUT2D eigenvalue weighted by atomic mass is 10.3. The van der Waals surface area contributed by atoms with Gasteiger partial charge in [0.15, 0.2) is 0 Å². The molecule has 1 aromatic heterocycles. The summed E-state index contributed by atoms with van der Waals surface area (Å²) in [5.41, 5.74) is -4.65. The highest BCUT2D eigenvalue weighted by molar-refractivity contribution is 5.90. The molecule has 0 atom stereocenters. The Morgan fingerprint density at radius 2 is 2.07 bits per heavy atom. The van der Waals surface area contributed by atoms with Crippen molar-refractivity contribution < 1.29 is 28.0 Å². The number of nitro groups is 1. The maximum Gasteiger partial charge on any atom is 0.439 e. The van der Waals surface area contributed by atoms with Crippen LogP contribution in [0.1, 0.15) is 16.2 Å². The monoisotopic (exact) mass is 225 g/mol. The third kappa shape index (κ3) is 1.87. The number of aromatic nitrogens is 2. The van der Waals surface area contributed by atoms with Gasteiger partial charge in [-0.15, -0.1) is 0 Å². The highest BCUT2D eigenvalue weighted by atomic mass is 19.4. The van der Waals surface area contributed by atoms with Crippen molar-refractivity contribution in [3.8, 4) is 0 Å². The molecule has 0 amide bonds. The number of halogens is 3. The molecule has 1 aromatic rings. The molecule has 1 rings (SSSR count). The molecule has 0 radical (unpaired) electrons. The van der Waals surface area contributed by atoms with Crippen LogP contribution in [-0.2, 0) is 6.18 Å². The summed E-state index contributed by atoms with van der Waals surface area (Å²) < 4.78 is 36.4. The number of alkyl halides is 3. The fourth-order valence-corrected chi connectivity index (χ4v) is 0.861. The number of nitrogens with zero attached hydrogens (tertiary/aromatic N) is 2. The summed E-state index contributed by atoms with van der Waals surface area (Å²) in [6.07, 6.45) is -5.05. The van der Waals surface area contributed by atoms with E-state index in [2.05, 4.69) is 5.10 Å². The first kappa shape index (κ1) is 10.9. The Morgan fingerprint density at radius 3 is 2.40 bits per heavy atom. The topological polar surface area (TPSA) is 109 Å². The smallest absolute Gasteiger partial charge is 0.439 e. The van der Waals surface area contributed by atoms with Gasteiger partial charge in [-0.2, -0.15) is 18.3 Å². The zero-order valence-electron chi connectivity index (χ0n) is 6.70. The van der Waals surface area contributed by atoms with Crippen molar-refractivity contribution in [2.45, 2.75) is 6.18 Å².